The zero-order valence-electron chi connectivity index (χ0n) is 12.0. The van der Waals surface area contributed by atoms with Crippen molar-refractivity contribution in [1.82, 2.24) is 24.8 Å². The Morgan fingerprint density at radius 3 is 2.48 bits per heavy atom. The van der Waals surface area contributed by atoms with Gasteiger partial charge in [-0.25, -0.2) is 4.68 Å². The zero-order valence-corrected chi connectivity index (χ0v) is 12.0. The largest absolute Gasteiger partial charge is 0.287 e. The van der Waals surface area contributed by atoms with E-state index in [4.69, 9.17) is 0 Å². The standard InChI is InChI=1S/C16H11N5O2/c22-15-9-17-20(14-8-4-2-6-12(14)15)10-21-16(23)11-5-1-3-7-13(11)18-19-21/h1-9H,10H2. The highest BCUT2D eigenvalue weighted by atomic mass is 16.1. The average Bonchev–Trinajstić information content (AvgIpc) is 2.60. The molecular weight excluding hydrogens is 294 g/mol. The number of rotatable bonds is 2. The van der Waals surface area contributed by atoms with Crippen molar-refractivity contribution in [1.29, 1.82) is 0 Å². The molecule has 0 spiro atoms. The van der Waals surface area contributed by atoms with E-state index in [9.17, 15) is 9.59 Å². The number of aromatic nitrogens is 5. The summed E-state index contributed by atoms with van der Waals surface area (Å²) in [5.41, 5.74) is 0.780. The van der Waals surface area contributed by atoms with E-state index < -0.39 is 0 Å². The first-order valence-electron chi connectivity index (χ1n) is 7.01. The van der Waals surface area contributed by atoms with Gasteiger partial charge in [-0.1, -0.05) is 29.5 Å². The number of hydrogen-bond acceptors (Lipinski definition) is 5. The van der Waals surface area contributed by atoms with Gasteiger partial charge in [0.2, 0.25) is 5.43 Å². The Hall–Kier alpha value is -3.35. The van der Waals surface area contributed by atoms with Gasteiger partial charge in [-0.05, 0) is 24.3 Å². The Labute approximate surface area is 129 Å². The average molecular weight is 305 g/mol. The lowest BCUT2D eigenvalue weighted by Gasteiger charge is -2.10. The summed E-state index contributed by atoms with van der Waals surface area (Å²) in [4.78, 5) is 24.3. The van der Waals surface area contributed by atoms with E-state index in [1.807, 2.05) is 6.07 Å². The molecule has 0 aliphatic heterocycles. The van der Waals surface area contributed by atoms with Crippen LogP contribution in [0, 0.1) is 0 Å². The second-order valence-electron chi connectivity index (χ2n) is 5.08. The van der Waals surface area contributed by atoms with Crippen LogP contribution in [0.5, 0.6) is 0 Å². The second-order valence-corrected chi connectivity index (χ2v) is 5.08. The number of para-hydroxylation sites is 1. The van der Waals surface area contributed by atoms with Gasteiger partial charge in [0.05, 0.1) is 17.1 Å². The van der Waals surface area contributed by atoms with Crippen molar-refractivity contribution in [2.75, 3.05) is 0 Å². The minimum atomic E-state index is -0.250. The molecule has 0 fully saturated rings. The molecule has 0 aliphatic rings. The monoisotopic (exact) mass is 305 g/mol. The molecule has 0 saturated carbocycles. The maximum atomic E-state index is 12.5. The summed E-state index contributed by atoms with van der Waals surface area (Å²) >= 11 is 0. The Bertz CT molecular complexity index is 1150. The molecule has 7 nitrogen and oxygen atoms in total. The van der Waals surface area contributed by atoms with Crippen molar-refractivity contribution < 1.29 is 0 Å². The second kappa shape index (κ2) is 5.13. The molecule has 0 atom stereocenters. The molecule has 112 valence electrons. The molecule has 23 heavy (non-hydrogen) atoms. The Kier molecular flexibility index (Phi) is 2.97. The van der Waals surface area contributed by atoms with E-state index in [2.05, 4.69) is 15.4 Å². The molecule has 0 bridgehead atoms. The Balaban J connectivity index is 1.89. The lowest BCUT2D eigenvalue weighted by atomic mass is 10.2. The van der Waals surface area contributed by atoms with Crippen LogP contribution in [0.15, 0.2) is 64.3 Å². The van der Waals surface area contributed by atoms with Crippen LogP contribution in [0.25, 0.3) is 21.8 Å². The summed E-state index contributed by atoms with van der Waals surface area (Å²) in [7, 11) is 0. The van der Waals surface area contributed by atoms with Crippen LogP contribution in [0.3, 0.4) is 0 Å². The fourth-order valence-electron chi connectivity index (χ4n) is 2.52. The fourth-order valence-corrected chi connectivity index (χ4v) is 2.52. The maximum absolute atomic E-state index is 12.5. The van der Waals surface area contributed by atoms with Crippen molar-refractivity contribution in [3.05, 3.63) is 75.3 Å². The minimum absolute atomic E-state index is 0.0808. The highest BCUT2D eigenvalue weighted by molar-refractivity contribution is 5.78. The molecule has 0 unspecified atom stereocenters. The topological polar surface area (TPSA) is 82.7 Å². The number of nitrogens with zero attached hydrogens (tertiary/aromatic N) is 5. The molecule has 2 aromatic carbocycles. The predicted octanol–water partition coefficient (Wildman–Crippen LogP) is 1.01. The van der Waals surface area contributed by atoms with Crippen molar-refractivity contribution in [3.63, 3.8) is 0 Å². The van der Waals surface area contributed by atoms with Crippen LogP contribution >= 0.6 is 0 Å². The molecule has 0 N–H and O–H groups in total. The van der Waals surface area contributed by atoms with Crippen molar-refractivity contribution >= 4 is 21.8 Å². The van der Waals surface area contributed by atoms with Crippen molar-refractivity contribution in [2.45, 2.75) is 6.67 Å². The van der Waals surface area contributed by atoms with Crippen LogP contribution in [-0.4, -0.2) is 24.8 Å². The van der Waals surface area contributed by atoms with Gasteiger partial charge in [0, 0.05) is 5.39 Å². The molecule has 4 rings (SSSR count). The van der Waals surface area contributed by atoms with Crippen molar-refractivity contribution in [2.24, 2.45) is 0 Å². The first kappa shape index (κ1) is 13.3. The van der Waals surface area contributed by atoms with E-state index in [1.165, 1.54) is 10.9 Å². The summed E-state index contributed by atoms with van der Waals surface area (Å²) < 4.78 is 2.79. The van der Waals surface area contributed by atoms with E-state index in [-0.39, 0.29) is 17.7 Å². The molecule has 0 saturated heterocycles. The quantitative estimate of drug-likeness (QED) is 0.552. The highest BCUT2D eigenvalue weighted by Crippen LogP contribution is 2.08. The van der Waals surface area contributed by atoms with Gasteiger partial charge in [-0.3, -0.25) is 9.59 Å². The third-order valence-corrected chi connectivity index (χ3v) is 3.66. The smallest absolute Gasteiger partial charge is 0.279 e. The molecule has 2 heterocycles. The van der Waals surface area contributed by atoms with Crippen LogP contribution in [0.2, 0.25) is 0 Å². The lowest BCUT2D eigenvalue weighted by molar-refractivity contribution is 0.471. The number of fused-ring (bicyclic) bond motifs is 2. The van der Waals surface area contributed by atoms with Crippen LogP contribution in [0.1, 0.15) is 0 Å². The van der Waals surface area contributed by atoms with Gasteiger partial charge in [0.25, 0.3) is 5.56 Å². The lowest BCUT2D eigenvalue weighted by Crippen LogP contribution is -2.29. The van der Waals surface area contributed by atoms with Gasteiger partial charge in [-0.2, -0.15) is 9.78 Å². The SMILES string of the molecule is O=c1cnn(Cn2nnc3ccccc3c2=O)c2ccccc12. The summed E-state index contributed by atoms with van der Waals surface area (Å²) in [6.45, 7) is 0.0808. The van der Waals surface area contributed by atoms with Crippen LogP contribution < -0.4 is 11.0 Å². The minimum Gasteiger partial charge on any atom is -0.287 e. The van der Waals surface area contributed by atoms with Crippen LogP contribution in [-0.2, 0) is 6.67 Å². The first-order chi connectivity index (χ1) is 11.2. The van der Waals surface area contributed by atoms with Gasteiger partial charge in [-0.15, -0.1) is 5.10 Å². The molecule has 0 amide bonds. The van der Waals surface area contributed by atoms with E-state index in [0.29, 0.717) is 21.8 Å². The number of hydrogen-bond donors (Lipinski definition) is 0. The number of benzene rings is 2. The normalized spacial score (nSPS) is 11.1. The summed E-state index contributed by atoms with van der Waals surface area (Å²) in [6, 6.07) is 14.1. The van der Waals surface area contributed by atoms with Gasteiger partial charge in [0.1, 0.15) is 12.2 Å². The zero-order chi connectivity index (χ0) is 15.8. The predicted molar refractivity (Wildman–Crippen MR) is 85.2 cm³/mol. The van der Waals surface area contributed by atoms with Crippen molar-refractivity contribution in [3.8, 4) is 0 Å². The Morgan fingerprint density at radius 2 is 1.61 bits per heavy atom. The molecule has 4 aromatic rings. The Morgan fingerprint density at radius 1 is 0.870 bits per heavy atom. The van der Waals surface area contributed by atoms with E-state index >= 15 is 0 Å². The van der Waals surface area contributed by atoms with Gasteiger partial charge >= 0.3 is 0 Å². The summed E-state index contributed by atoms with van der Waals surface area (Å²) in [5, 5.41) is 13.1. The maximum Gasteiger partial charge on any atom is 0.279 e. The van der Waals surface area contributed by atoms with Crippen LogP contribution in [0.4, 0.5) is 0 Å². The molecule has 7 heteroatoms. The highest BCUT2D eigenvalue weighted by Gasteiger charge is 2.08. The van der Waals surface area contributed by atoms with E-state index in [1.54, 1.807) is 47.1 Å². The molecule has 2 aromatic heterocycles. The first-order valence-corrected chi connectivity index (χ1v) is 7.01. The fraction of sp³-hybridized carbons (Fsp3) is 0.0625. The third kappa shape index (κ3) is 2.18. The summed E-state index contributed by atoms with van der Waals surface area (Å²) in [6.07, 6.45) is 1.24. The third-order valence-electron chi connectivity index (χ3n) is 3.66. The molecule has 0 aliphatic carbocycles. The van der Waals surface area contributed by atoms with E-state index in [0.717, 1.165) is 0 Å². The summed E-state index contributed by atoms with van der Waals surface area (Å²) in [5.74, 6) is 0. The molecule has 0 radical (unpaired) electrons. The van der Waals surface area contributed by atoms with Gasteiger partial charge < -0.3 is 0 Å². The molecular formula is C16H11N5O2. The van der Waals surface area contributed by atoms with Gasteiger partial charge in [0.15, 0.2) is 0 Å².